The Labute approximate surface area is 120 Å². The van der Waals surface area contributed by atoms with Crippen molar-refractivity contribution in [1.29, 1.82) is 0 Å². The third kappa shape index (κ3) is 6.44. The molecule has 1 heteroatoms. The molecule has 0 aliphatic rings. The summed E-state index contributed by atoms with van der Waals surface area (Å²) in [6, 6.07) is 8.97. The van der Waals surface area contributed by atoms with Crippen molar-refractivity contribution >= 4 is 22.6 Å². The Bertz CT molecular complexity index is 293. The predicted molar refractivity (Wildman–Crippen MR) is 86.1 cm³/mol. The van der Waals surface area contributed by atoms with Gasteiger partial charge in [-0.15, -0.1) is 0 Å². The van der Waals surface area contributed by atoms with E-state index in [1.54, 1.807) is 11.1 Å². The Morgan fingerprint density at radius 2 is 1.41 bits per heavy atom. The first-order valence-electron chi connectivity index (χ1n) is 7.01. The van der Waals surface area contributed by atoms with Crippen LogP contribution in [0, 0.1) is 0 Å². The number of halogens is 1. The zero-order valence-corrected chi connectivity index (χ0v) is 13.2. The van der Waals surface area contributed by atoms with E-state index in [-0.39, 0.29) is 0 Å². The molecular weight excluding hydrogens is 319 g/mol. The third-order valence-electron chi connectivity index (χ3n) is 3.28. The molecule has 0 radical (unpaired) electrons. The monoisotopic (exact) mass is 344 g/mol. The maximum Gasteiger partial charge on any atom is 0.00359 e. The number of benzene rings is 1. The van der Waals surface area contributed by atoms with Crippen LogP contribution in [0.25, 0.3) is 0 Å². The van der Waals surface area contributed by atoms with E-state index in [9.17, 15) is 0 Å². The first kappa shape index (κ1) is 15.0. The van der Waals surface area contributed by atoms with Crippen LogP contribution in [0.3, 0.4) is 0 Å². The largest absolute Gasteiger partial charge is 0.0860 e. The van der Waals surface area contributed by atoms with E-state index in [0.29, 0.717) is 0 Å². The zero-order chi connectivity index (χ0) is 12.3. The quantitative estimate of drug-likeness (QED) is 0.312. The maximum absolute atomic E-state index is 2.47. The van der Waals surface area contributed by atoms with Gasteiger partial charge >= 0.3 is 0 Å². The van der Waals surface area contributed by atoms with Gasteiger partial charge in [-0.3, -0.25) is 0 Å². The molecule has 0 saturated carbocycles. The lowest BCUT2D eigenvalue weighted by Gasteiger charge is -2.08. The minimum absolute atomic E-state index is 1.23. The molecular formula is C16H25I. The van der Waals surface area contributed by atoms with Crippen LogP contribution in [-0.2, 0) is 12.8 Å². The highest BCUT2D eigenvalue weighted by atomic mass is 127. The third-order valence-corrected chi connectivity index (χ3v) is 3.82. The molecule has 0 aromatic heterocycles. The van der Waals surface area contributed by atoms with Crippen molar-refractivity contribution in [3.63, 3.8) is 0 Å². The van der Waals surface area contributed by atoms with Crippen molar-refractivity contribution in [3.05, 3.63) is 35.4 Å². The molecule has 0 atom stereocenters. The number of alkyl halides is 1. The van der Waals surface area contributed by atoms with Gasteiger partial charge in [0.15, 0.2) is 0 Å². The Morgan fingerprint density at radius 1 is 0.824 bits per heavy atom. The number of unbranched alkanes of at least 4 members (excludes halogenated alkanes) is 5. The molecule has 0 unspecified atom stereocenters. The first-order chi connectivity index (χ1) is 8.38. The van der Waals surface area contributed by atoms with Gasteiger partial charge in [-0.25, -0.2) is 0 Å². The molecule has 1 aromatic carbocycles. The van der Waals surface area contributed by atoms with E-state index in [1.165, 1.54) is 55.8 Å². The highest BCUT2D eigenvalue weighted by Gasteiger charge is 2.00. The molecule has 0 nitrogen and oxygen atoms in total. The molecule has 1 rings (SSSR count). The summed E-state index contributed by atoms with van der Waals surface area (Å²) < 4.78 is 1.23. The summed E-state index contributed by atoms with van der Waals surface area (Å²) in [7, 11) is 0. The van der Waals surface area contributed by atoms with E-state index in [0.717, 1.165) is 0 Å². The summed E-state index contributed by atoms with van der Waals surface area (Å²) in [6.45, 7) is 2.28. The second kappa shape index (κ2) is 9.93. The second-order valence-corrected chi connectivity index (χ2v) is 5.80. The summed E-state index contributed by atoms with van der Waals surface area (Å²) in [5.41, 5.74) is 3.15. The second-order valence-electron chi connectivity index (χ2n) is 4.73. The van der Waals surface area contributed by atoms with Crippen LogP contribution >= 0.6 is 22.6 Å². The highest BCUT2D eigenvalue weighted by Crippen LogP contribution is 2.15. The van der Waals surface area contributed by atoms with Crippen LogP contribution in [0.2, 0.25) is 0 Å². The van der Waals surface area contributed by atoms with E-state index in [1.807, 2.05) is 0 Å². The van der Waals surface area contributed by atoms with E-state index < -0.39 is 0 Å². The molecule has 17 heavy (non-hydrogen) atoms. The molecule has 0 aliphatic heterocycles. The molecule has 0 bridgehead atoms. The van der Waals surface area contributed by atoms with Crippen molar-refractivity contribution in [2.24, 2.45) is 0 Å². The molecule has 0 saturated heterocycles. The van der Waals surface area contributed by atoms with E-state index >= 15 is 0 Å². The Morgan fingerprint density at radius 3 is 2.06 bits per heavy atom. The van der Waals surface area contributed by atoms with Gasteiger partial charge in [0.1, 0.15) is 0 Å². The number of rotatable bonds is 9. The van der Waals surface area contributed by atoms with Crippen LogP contribution in [0.4, 0.5) is 0 Å². The molecule has 0 spiro atoms. The summed E-state index contributed by atoms with van der Waals surface area (Å²) >= 11 is 2.47. The Hall–Kier alpha value is -0.0500. The van der Waals surface area contributed by atoms with Gasteiger partial charge in [-0.1, -0.05) is 85.9 Å². The Balaban J connectivity index is 2.25. The summed E-state index contributed by atoms with van der Waals surface area (Å²) in [4.78, 5) is 0. The summed E-state index contributed by atoms with van der Waals surface area (Å²) in [5, 5.41) is 0. The van der Waals surface area contributed by atoms with Crippen LogP contribution in [0.15, 0.2) is 24.3 Å². The molecule has 0 amide bonds. The van der Waals surface area contributed by atoms with Gasteiger partial charge in [0.2, 0.25) is 0 Å². The molecule has 0 heterocycles. The topological polar surface area (TPSA) is 0 Å². The van der Waals surface area contributed by atoms with Crippen LogP contribution in [0.5, 0.6) is 0 Å². The molecule has 0 N–H and O–H groups in total. The van der Waals surface area contributed by atoms with Gasteiger partial charge in [0, 0.05) is 4.43 Å². The van der Waals surface area contributed by atoms with Crippen molar-refractivity contribution in [1.82, 2.24) is 0 Å². The smallest absolute Gasteiger partial charge is 0.00359 e. The molecule has 96 valence electrons. The van der Waals surface area contributed by atoms with Gasteiger partial charge in [-0.2, -0.15) is 0 Å². The number of aryl methyl sites for hydroxylation is 2. The van der Waals surface area contributed by atoms with Gasteiger partial charge < -0.3 is 0 Å². The van der Waals surface area contributed by atoms with E-state index in [2.05, 4.69) is 53.8 Å². The lowest BCUT2D eigenvalue weighted by Crippen LogP contribution is -1.95. The molecule has 0 aliphatic carbocycles. The predicted octanol–water partition coefficient (Wildman–Crippen LogP) is 5.57. The van der Waals surface area contributed by atoms with Gasteiger partial charge in [0.25, 0.3) is 0 Å². The van der Waals surface area contributed by atoms with Gasteiger partial charge in [0.05, 0.1) is 0 Å². The fourth-order valence-corrected chi connectivity index (χ4v) is 2.82. The zero-order valence-electron chi connectivity index (χ0n) is 11.1. The van der Waals surface area contributed by atoms with Crippen molar-refractivity contribution in [2.45, 2.75) is 58.3 Å². The fourth-order valence-electron chi connectivity index (χ4n) is 2.24. The van der Waals surface area contributed by atoms with E-state index in [4.69, 9.17) is 0 Å². The maximum atomic E-state index is 2.47. The first-order valence-corrected chi connectivity index (χ1v) is 8.53. The lowest BCUT2D eigenvalue weighted by atomic mass is 9.99. The van der Waals surface area contributed by atoms with Gasteiger partial charge in [-0.05, 0) is 30.4 Å². The molecule has 1 aromatic rings. The van der Waals surface area contributed by atoms with Crippen LogP contribution in [-0.4, -0.2) is 4.43 Å². The minimum atomic E-state index is 1.23. The SMILES string of the molecule is CCCCCCCCc1ccccc1CCI. The fraction of sp³-hybridized carbons (Fsp3) is 0.625. The van der Waals surface area contributed by atoms with Crippen molar-refractivity contribution in [3.8, 4) is 0 Å². The average Bonchev–Trinajstić information content (AvgIpc) is 2.36. The van der Waals surface area contributed by atoms with Crippen molar-refractivity contribution < 1.29 is 0 Å². The number of hydrogen-bond acceptors (Lipinski definition) is 0. The lowest BCUT2D eigenvalue weighted by molar-refractivity contribution is 0.606. The summed E-state index contributed by atoms with van der Waals surface area (Å²) in [6.07, 6.45) is 10.9. The minimum Gasteiger partial charge on any atom is -0.0860 e. The summed E-state index contributed by atoms with van der Waals surface area (Å²) in [5.74, 6) is 0. The van der Waals surface area contributed by atoms with Crippen molar-refractivity contribution in [2.75, 3.05) is 4.43 Å². The van der Waals surface area contributed by atoms with Crippen LogP contribution in [0.1, 0.15) is 56.6 Å². The standard InChI is InChI=1S/C16H25I/c1-2-3-4-5-6-7-10-15-11-8-9-12-16(15)13-14-17/h8-9,11-12H,2-7,10,13-14H2,1H3. The highest BCUT2D eigenvalue weighted by molar-refractivity contribution is 14.1. The normalized spacial score (nSPS) is 10.7. The number of hydrogen-bond donors (Lipinski definition) is 0. The molecule has 0 fully saturated rings. The average molecular weight is 344 g/mol. The van der Waals surface area contributed by atoms with Crippen LogP contribution < -0.4 is 0 Å². The Kier molecular flexibility index (Phi) is 8.76.